The molecule has 0 aliphatic carbocycles. The molecule has 0 saturated carbocycles. The van der Waals surface area contributed by atoms with Gasteiger partial charge in [-0.1, -0.05) is 230 Å². The van der Waals surface area contributed by atoms with Crippen LogP contribution in [0.3, 0.4) is 0 Å². The van der Waals surface area contributed by atoms with Crippen molar-refractivity contribution in [2.45, 2.75) is 213 Å². The van der Waals surface area contributed by atoms with E-state index in [4.69, 9.17) is 14.2 Å². The van der Waals surface area contributed by atoms with Crippen LogP contribution in [0.15, 0.2) is 158 Å². The Morgan fingerprint density at radius 3 is 0.929 bits per heavy atom. The van der Waals surface area contributed by atoms with E-state index in [0.717, 1.165) is 141 Å². The minimum absolute atomic E-state index is 0.122. The summed E-state index contributed by atoms with van der Waals surface area (Å²) in [7, 11) is 0. The van der Waals surface area contributed by atoms with E-state index in [1.807, 2.05) is 12.2 Å². The summed E-state index contributed by atoms with van der Waals surface area (Å²) in [6.07, 6.45) is 82.7. The molecule has 390 valence electrons. The van der Waals surface area contributed by atoms with Gasteiger partial charge in [-0.05, 0) is 116 Å². The average Bonchev–Trinajstić information content (AvgIpc) is 3.36. The Hall–Kier alpha value is -4.97. The predicted octanol–water partition coefficient (Wildman–Crippen LogP) is 18.6. The molecule has 0 heterocycles. The molecule has 1 unspecified atom stereocenters. The van der Waals surface area contributed by atoms with Crippen molar-refractivity contribution in [2.75, 3.05) is 13.2 Å². The molecule has 0 aromatic heterocycles. The van der Waals surface area contributed by atoms with E-state index in [0.29, 0.717) is 19.3 Å². The maximum absolute atomic E-state index is 12.7. The number of unbranched alkanes of at least 4 members (excludes halogenated alkanes) is 10. The molecule has 0 spiro atoms. The third-order valence-corrected chi connectivity index (χ3v) is 10.8. The molecule has 70 heavy (non-hydrogen) atoms. The third-order valence-electron chi connectivity index (χ3n) is 10.8. The standard InChI is InChI=1S/C64H98O6/c1-4-7-10-13-16-18-20-22-24-26-28-29-30-31-32-33-34-35-37-38-40-42-44-46-48-51-54-57-63(66)69-60-61(59-68-62(65)56-53-50-15-12-9-6-3)70-64(67)58-55-52-49-47-45-43-41-39-36-27-25-23-21-19-17-14-11-8-5-2/h7-8,10-11,16-19,22-25,28-29,31-32,34-36,38-40,43,45,49,52,61H,4-6,9,12-15,20-21,26-27,30,33,37,41-42,44,46-48,50-51,53-60H2,1-3H3/b10-7-,11-8-,18-16-,19-17-,24-22-,25-23-,29-28-,32-31-,35-34-,39-36-,40-38-,45-43-,52-49-. The molecule has 0 radical (unpaired) electrons. The molecule has 0 rings (SSSR count). The molecule has 0 aromatic carbocycles. The first-order chi connectivity index (χ1) is 34.5. The van der Waals surface area contributed by atoms with Crippen LogP contribution < -0.4 is 0 Å². The lowest BCUT2D eigenvalue weighted by Crippen LogP contribution is -2.30. The lowest BCUT2D eigenvalue weighted by Gasteiger charge is -2.18. The molecule has 1 atom stereocenters. The maximum Gasteiger partial charge on any atom is 0.306 e. The summed E-state index contributed by atoms with van der Waals surface area (Å²) in [6, 6.07) is 0. The second kappa shape index (κ2) is 56.6. The van der Waals surface area contributed by atoms with Gasteiger partial charge in [-0.3, -0.25) is 14.4 Å². The molecular weight excluding hydrogens is 865 g/mol. The lowest BCUT2D eigenvalue weighted by atomic mass is 10.1. The van der Waals surface area contributed by atoms with Crippen LogP contribution in [0.1, 0.15) is 207 Å². The van der Waals surface area contributed by atoms with Crippen LogP contribution in [0, 0.1) is 0 Å². The van der Waals surface area contributed by atoms with Crippen LogP contribution in [-0.4, -0.2) is 37.2 Å². The number of carbonyl (C=O) groups is 3. The van der Waals surface area contributed by atoms with Crippen molar-refractivity contribution in [3.63, 3.8) is 0 Å². The lowest BCUT2D eigenvalue weighted by molar-refractivity contribution is -0.166. The Morgan fingerprint density at radius 1 is 0.300 bits per heavy atom. The van der Waals surface area contributed by atoms with Crippen LogP contribution in [0.4, 0.5) is 0 Å². The second-order valence-corrected chi connectivity index (χ2v) is 17.4. The number of allylic oxidation sites excluding steroid dienone is 26. The molecule has 0 aromatic rings. The molecular formula is C64H98O6. The largest absolute Gasteiger partial charge is 0.462 e. The number of esters is 3. The maximum atomic E-state index is 12.7. The smallest absolute Gasteiger partial charge is 0.306 e. The Labute approximate surface area is 429 Å². The highest BCUT2D eigenvalue weighted by molar-refractivity contribution is 5.71. The number of hydrogen-bond acceptors (Lipinski definition) is 6. The Kier molecular flexibility index (Phi) is 52.6. The van der Waals surface area contributed by atoms with Gasteiger partial charge >= 0.3 is 17.9 Å². The Morgan fingerprint density at radius 2 is 0.586 bits per heavy atom. The average molecular weight is 963 g/mol. The second-order valence-electron chi connectivity index (χ2n) is 17.4. The van der Waals surface area contributed by atoms with Crippen molar-refractivity contribution < 1.29 is 28.6 Å². The summed E-state index contributed by atoms with van der Waals surface area (Å²) in [5.74, 6) is -1.05. The van der Waals surface area contributed by atoms with Gasteiger partial charge in [-0.25, -0.2) is 0 Å². The molecule has 6 nitrogen and oxygen atoms in total. The third kappa shape index (κ3) is 54.0. The van der Waals surface area contributed by atoms with Gasteiger partial charge in [-0.15, -0.1) is 0 Å². The van der Waals surface area contributed by atoms with Gasteiger partial charge in [0, 0.05) is 19.3 Å². The summed E-state index contributed by atoms with van der Waals surface area (Å²) >= 11 is 0. The minimum atomic E-state index is -0.831. The monoisotopic (exact) mass is 963 g/mol. The zero-order valence-electron chi connectivity index (χ0n) is 44.5. The predicted molar refractivity (Wildman–Crippen MR) is 302 cm³/mol. The Balaban J connectivity index is 4.35. The van der Waals surface area contributed by atoms with Crippen molar-refractivity contribution in [3.05, 3.63) is 158 Å². The van der Waals surface area contributed by atoms with Crippen molar-refractivity contribution in [2.24, 2.45) is 0 Å². The molecule has 0 saturated heterocycles. The van der Waals surface area contributed by atoms with E-state index in [1.165, 1.54) is 19.3 Å². The molecule has 0 aliphatic rings. The first-order valence-corrected chi connectivity index (χ1v) is 27.5. The number of carbonyl (C=O) groups excluding carboxylic acids is 3. The van der Waals surface area contributed by atoms with E-state index >= 15 is 0 Å². The van der Waals surface area contributed by atoms with E-state index in [2.05, 4.69) is 167 Å². The summed E-state index contributed by atoms with van der Waals surface area (Å²) < 4.78 is 16.6. The normalized spacial score (nSPS) is 13.4. The van der Waals surface area contributed by atoms with E-state index < -0.39 is 12.1 Å². The quantitative estimate of drug-likeness (QED) is 0.0262. The van der Waals surface area contributed by atoms with Gasteiger partial charge in [-0.2, -0.15) is 0 Å². The van der Waals surface area contributed by atoms with Crippen LogP contribution in [0.25, 0.3) is 0 Å². The minimum Gasteiger partial charge on any atom is -0.462 e. The van der Waals surface area contributed by atoms with Crippen molar-refractivity contribution in [1.82, 2.24) is 0 Å². The van der Waals surface area contributed by atoms with Gasteiger partial charge in [0.05, 0.1) is 0 Å². The fourth-order valence-electron chi connectivity index (χ4n) is 6.74. The Bertz CT molecular complexity index is 1620. The SMILES string of the molecule is CC/C=C\C/C=C\C/C=C\C/C=C\C/C=C\C/C=C\C/C=C\CCCCCCCC(=O)OCC(COC(=O)CCCCCCCC)OC(=O)CC/C=C\C/C=C\C/C=C\C/C=C\C/C=C\C/C=C\CC. The van der Waals surface area contributed by atoms with Gasteiger partial charge in [0.1, 0.15) is 13.2 Å². The van der Waals surface area contributed by atoms with E-state index in [9.17, 15) is 14.4 Å². The van der Waals surface area contributed by atoms with Crippen LogP contribution in [0.5, 0.6) is 0 Å². The summed E-state index contributed by atoms with van der Waals surface area (Å²) in [6.45, 7) is 6.24. The van der Waals surface area contributed by atoms with Crippen molar-refractivity contribution in [1.29, 1.82) is 0 Å². The number of ether oxygens (including phenoxy) is 3. The molecule has 0 aliphatic heterocycles. The van der Waals surface area contributed by atoms with E-state index in [-0.39, 0.29) is 31.6 Å². The summed E-state index contributed by atoms with van der Waals surface area (Å²) in [5, 5.41) is 0. The highest BCUT2D eigenvalue weighted by Gasteiger charge is 2.19. The van der Waals surface area contributed by atoms with Crippen molar-refractivity contribution in [3.8, 4) is 0 Å². The van der Waals surface area contributed by atoms with Gasteiger partial charge in [0.25, 0.3) is 0 Å². The van der Waals surface area contributed by atoms with Crippen LogP contribution in [0.2, 0.25) is 0 Å². The molecule has 0 amide bonds. The zero-order chi connectivity index (χ0) is 50.7. The van der Waals surface area contributed by atoms with Crippen LogP contribution in [-0.2, 0) is 28.6 Å². The summed E-state index contributed by atoms with van der Waals surface area (Å²) in [5.41, 5.74) is 0. The highest BCUT2D eigenvalue weighted by atomic mass is 16.6. The fraction of sp³-hybridized carbons (Fsp3) is 0.547. The van der Waals surface area contributed by atoms with Gasteiger partial charge < -0.3 is 14.2 Å². The first kappa shape index (κ1) is 65.0. The topological polar surface area (TPSA) is 78.9 Å². The van der Waals surface area contributed by atoms with Gasteiger partial charge in [0.2, 0.25) is 0 Å². The van der Waals surface area contributed by atoms with E-state index in [1.54, 1.807) is 0 Å². The van der Waals surface area contributed by atoms with Crippen molar-refractivity contribution >= 4 is 17.9 Å². The fourth-order valence-corrected chi connectivity index (χ4v) is 6.74. The molecule has 0 fully saturated rings. The molecule has 0 N–H and O–H groups in total. The summed E-state index contributed by atoms with van der Waals surface area (Å²) in [4.78, 5) is 37.8. The zero-order valence-corrected chi connectivity index (χ0v) is 44.5. The molecule has 6 heteroatoms. The number of rotatable bonds is 47. The van der Waals surface area contributed by atoms with Gasteiger partial charge in [0.15, 0.2) is 6.10 Å². The first-order valence-electron chi connectivity index (χ1n) is 27.5. The van der Waals surface area contributed by atoms with Crippen LogP contribution >= 0.6 is 0 Å². The highest BCUT2D eigenvalue weighted by Crippen LogP contribution is 2.11. The number of hydrogen-bond donors (Lipinski definition) is 0. The molecule has 0 bridgehead atoms.